The Balaban J connectivity index is 2.07. The van der Waals surface area contributed by atoms with Crippen LogP contribution >= 0.6 is 0 Å². The summed E-state index contributed by atoms with van der Waals surface area (Å²) in [6, 6.07) is 2.81. The fourth-order valence-corrected chi connectivity index (χ4v) is 2.61. The number of halogens is 2. The number of hydrogen-bond acceptors (Lipinski definition) is 2. The number of nitrogens with one attached hydrogen (secondary N) is 1. The van der Waals surface area contributed by atoms with E-state index in [1.165, 1.54) is 0 Å². The zero-order chi connectivity index (χ0) is 14.8. The van der Waals surface area contributed by atoms with E-state index in [0.29, 0.717) is 18.9 Å². The van der Waals surface area contributed by atoms with Gasteiger partial charge in [-0.1, -0.05) is 12.8 Å². The van der Waals surface area contributed by atoms with Gasteiger partial charge in [0.2, 0.25) is 5.91 Å². The van der Waals surface area contributed by atoms with Crippen molar-refractivity contribution in [1.82, 2.24) is 0 Å². The molecular weight excluding hydrogens is 268 g/mol. The number of amides is 1. The molecule has 2 N–H and O–H groups in total. The number of carbonyl (C=O) groups excluding carboxylic acids is 1. The van der Waals surface area contributed by atoms with Gasteiger partial charge in [-0.3, -0.25) is 9.59 Å². The lowest BCUT2D eigenvalue weighted by Crippen LogP contribution is -2.32. The van der Waals surface area contributed by atoms with E-state index in [1.54, 1.807) is 0 Å². The average Bonchev–Trinajstić information content (AvgIpc) is 2.82. The van der Waals surface area contributed by atoms with Crippen molar-refractivity contribution in [2.45, 2.75) is 32.1 Å². The van der Waals surface area contributed by atoms with Crippen LogP contribution in [0, 0.1) is 17.0 Å². The Morgan fingerprint density at radius 2 is 1.90 bits per heavy atom. The van der Waals surface area contributed by atoms with E-state index in [2.05, 4.69) is 5.32 Å². The van der Waals surface area contributed by atoms with Gasteiger partial charge >= 0.3 is 5.97 Å². The highest BCUT2D eigenvalue weighted by Gasteiger charge is 2.43. The molecule has 0 radical (unpaired) electrons. The lowest BCUT2D eigenvalue weighted by molar-refractivity contribution is -0.150. The number of carboxylic acid groups (broad SMARTS) is 1. The molecule has 1 amide bonds. The highest BCUT2D eigenvalue weighted by Crippen LogP contribution is 2.41. The van der Waals surface area contributed by atoms with Crippen LogP contribution in [0.4, 0.5) is 14.5 Å². The molecule has 6 heteroatoms. The van der Waals surface area contributed by atoms with Crippen LogP contribution in [0.1, 0.15) is 32.1 Å². The Morgan fingerprint density at radius 1 is 1.25 bits per heavy atom. The number of aliphatic carboxylic acids is 1. The maximum atomic E-state index is 13.4. The summed E-state index contributed by atoms with van der Waals surface area (Å²) in [7, 11) is 0. The summed E-state index contributed by atoms with van der Waals surface area (Å²) >= 11 is 0. The van der Waals surface area contributed by atoms with Crippen LogP contribution < -0.4 is 5.32 Å². The predicted molar refractivity (Wildman–Crippen MR) is 68.1 cm³/mol. The van der Waals surface area contributed by atoms with Gasteiger partial charge in [0.05, 0.1) is 11.1 Å². The van der Waals surface area contributed by atoms with Crippen LogP contribution in [0.25, 0.3) is 0 Å². The number of carbonyl (C=O) groups is 2. The van der Waals surface area contributed by atoms with E-state index < -0.39 is 28.9 Å². The van der Waals surface area contributed by atoms with Crippen LogP contribution in [0.5, 0.6) is 0 Å². The van der Waals surface area contributed by atoms with Crippen LogP contribution in [0.2, 0.25) is 0 Å². The molecule has 0 spiro atoms. The zero-order valence-electron chi connectivity index (χ0n) is 10.8. The van der Waals surface area contributed by atoms with Crippen molar-refractivity contribution in [3.05, 3.63) is 29.8 Å². The molecule has 108 valence electrons. The van der Waals surface area contributed by atoms with Crippen LogP contribution in [0.3, 0.4) is 0 Å². The molecule has 1 aliphatic rings. The van der Waals surface area contributed by atoms with Crippen molar-refractivity contribution in [1.29, 1.82) is 0 Å². The predicted octanol–water partition coefficient (Wildman–Crippen LogP) is 2.94. The molecule has 0 aromatic heterocycles. The third-order valence-electron chi connectivity index (χ3n) is 3.72. The highest BCUT2D eigenvalue weighted by molar-refractivity contribution is 5.94. The van der Waals surface area contributed by atoms with E-state index in [9.17, 15) is 23.5 Å². The van der Waals surface area contributed by atoms with E-state index >= 15 is 0 Å². The molecule has 0 unspecified atom stereocenters. The van der Waals surface area contributed by atoms with Gasteiger partial charge < -0.3 is 10.4 Å². The fourth-order valence-electron chi connectivity index (χ4n) is 2.61. The topological polar surface area (TPSA) is 66.4 Å². The molecule has 0 aliphatic heterocycles. The van der Waals surface area contributed by atoms with Gasteiger partial charge in [0.25, 0.3) is 0 Å². The Kier molecular flexibility index (Phi) is 4.01. The second kappa shape index (κ2) is 5.56. The Bertz CT molecular complexity index is 539. The van der Waals surface area contributed by atoms with Crippen LogP contribution in [-0.2, 0) is 9.59 Å². The smallest absolute Gasteiger partial charge is 0.310 e. The van der Waals surface area contributed by atoms with E-state index in [0.717, 1.165) is 25.0 Å². The molecule has 1 aromatic carbocycles. The maximum absolute atomic E-state index is 13.4. The maximum Gasteiger partial charge on any atom is 0.310 e. The van der Waals surface area contributed by atoms with Crippen LogP contribution in [0.15, 0.2) is 18.2 Å². The van der Waals surface area contributed by atoms with Crippen molar-refractivity contribution in [2.24, 2.45) is 5.41 Å². The molecule has 2 rings (SSSR count). The molecule has 0 heterocycles. The standard InChI is InChI=1S/C14H15F2NO3/c15-9-3-4-11(10(16)7-9)17-12(18)8-14(13(19)20)5-1-2-6-14/h3-4,7H,1-2,5-6,8H2,(H,17,18)(H,19,20). The first-order chi connectivity index (χ1) is 9.43. The second-order valence-electron chi connectivity index (χ2n) is 5.14. The zero-order valence-corrected chi connectivity index (χ0v) is 10.8. The number of hydrogen-bond donors (Lipinski definition) is 2. The third-order valence-corrected chi connectivity index (χ3v) is 3.72. The molecule has 0 saturated heterocycles. The fraction of sp³-hybridized carbons (Fsp3) is 0.429. The second-order valence-corrected chi connectivity index (χ2v) is 5.14. The van der Waals surface area contributed by atoms with Crippen molar-refractivity contribution in [3.63, 3.8) is 0 Å². The van der Waals surface area contributed by atoms with Gasteiger partial charge in [0.1, 0.15) is 11.6 Å². The Hall–Kier alpha value is -1.98. The molecule has 4 nitrogen and oxygen atoms in total. The molecule has 1 saturated carbocycles. The van der Waals surface area contributed by atoms with Gasteiger partial charge in [-0.2, -0.15) is 0 Å². The number of benzene rings is 1. The molecule has 1 aromatic rings. The first-order valence-corrected chi connectivity index (χ1v) is 6.41. The lowest BCUT2D eigenvalue weighted by Gasteiger charge is -2.22. The summed E-state index contributed by atoms with van der Waals surface area (Å²) in [6.07, 6.45) is 2.23. The number of carboxylic acids is 1. The van der Waals surface area contributed by atoms with Gasteiger partial charge in [-0.05, 0) is 25.0 Å². The van der Waals surface area contributed by atoms with Crippen LogP contribution in [-0.4, -0.2) is 17.0 Å². The number of anilines is 1. The Labute approximate surface area is 114 Å². The third kappa shape index (κ3) is 2.95. The molecule has 20 heavy (non-hydrogen) atoms. The minimum Gasteiger partial charge on any atom is -0.481 e. The van der Waals surface area contributed by atoms with E-state index in [4.69, 9.17) is 0 Å². The normalized spacial score (nSPS) is 16.9. The van der Waals surface area contributed by atoms with E-state index in [1.807, 2.05) is 0 Å². The van der Waals surface area contributed by atoms with Gasteiger partial charge in [0.15, 0.2) is 0 Å². The molecule has 1 aliphatic carbocycles. The van der Waals surface area contributed by atoms with Gasteiger partial charge in [-0.25, -0.2) is 8.78 Å². The molecular formula is C14H15F2NO3. The first kappa shape index (κ1) is 14.4. The lowest BCUT2D eigenvalue weighted by atomic mass is 9.82. The summed E-state index contributed by atoms with van der Waals surface area (Å²) < 4.78 is 26.2. The van der Waals surface area contributed by atoms with E-state index in [-0.39, 0.29) is 12.1 Å². The molecule has 0 atom stereocenters. The number of rotatable bonds is 4. The highest BCUT2D eigenvalue weighted by atomic mass is 19.1. The van der Waals surface area contributed by atoms with Crippen molar-refractivity contribution >= 4 is 17.6 Å². The van der Waals surface area contributed by atoms with Gasteiger partial charge in [0, 0.05) is 12.5 Å². The van der Waals surface area contributed by atoms with Gasteiger partial charge in [-0.15, -0.1) is 0 Å². The minimum atomic E-state index is -1.05. The van der Waals surface area contributed by atoms with Crippen molar-refractivity contribution in [2.75, 3.05) is 5.32 Å². The molecule has 1 fully saturated rings. The largest absolute Gasteiger partial charge is 0.481 e. The quantitative estimate of drug-likeness (QED) is 0.892. The summed E-state index contributed by atoms with van der Waals surface area (Å²) in [6.45, 7) is 0. The van der Waals surface area contributed by atoms with Crippen molar-refractivity contribution in [3.8, 4) is 0 Å². The monoisotopic (exact) mass is 283 g/mol. The molecule has 0 bridgehead atoms. The summed E-state index contributed by atoms with van der Waals surface area (Å²) in [4.78, 5) is 23.2. The first-order valence-electron chi connectivity index (χ1n) is 6.41. The summed E-state index contributed by atoms with van der Waals surface area (Å²) in [5.41, 5.74) is -1.20. The SMILES string of the molecule is O=C(CC1(C(=O)O)CCCC1)Nc1ccc(F)cc1F. The van der Waals surface area contributed by atoms with Crippen molar-refractivity contribution < 1.29 is 23.5 Å². The summed E-state index contributed by atoms with van der Waals surface area (Å²) in [5, 5.41) is 11.6. The Morgan fingerprint density at radius 3 is 2.45 bits per heavy atom. The minimum absolute atomic E-state index is 0.144. The average molecular weight is 283 g/mol. The summed E-state index contributed by atoms with van der Waals surface area (Å²) in [5.74, 6) is -3.18.